The number of fused-ring (bicyclic) bond motifs is 2. The molecule has 2 aromatic carbocycles. The number of benzene rings is 2. The standard InChI is InChI=1S/C40H62P4/c1-37(2,3)41-25-15-21-33(41)34-22-16-26-42(34)39(7,8)23-24-40(9,10)44-28-30-18-12-14-20-32(30)36(44)35-31-19-13-11-17-29(31)27-43(35)38(4,5)6/h11-14,17-20,33-36H,15-16,21-28H2,1-10H3/t33-,34-,35+,36+,41+,42+,43?,44-/m1/s1. The summed E-state index contributed by atoms with van der Waals surface area (Å²) in [5.74, 6) is 0. The molecule has 0 aromatic heterocycles. The minimum Gasteiger partial charge on any atom is -0.0974 e. The lowest BCUT2D eigenvalue weighted by Gasteiger charge is -2.46. The molecule has 4 aliphatic rings. The highest BCUT2D eigenvalue weighted by Crippen LogP contribution is 2.82. The van der Waals surface area contributed by atoms with Crippen LogP contribution in [0.5, 0.6) is 0 Å². The van der Waals surface area contributed by atoms with Crippen molar-refractivity contribution >= 4 is 31.7 Å². The maximum atomic E-state index is 2.72. The van der Waals surface area contributed by atoms with Gasteiger partial charge in [-0.15, -0.1) is 0 Å². The molecule has 0 aliphatic carbocycles. The first-order chi connectivity index (χ1) is 20.6. The van der Waals surface area contributed by atoms with E-state index in [1.807, 2.05) is 0 Å². The van der Waals surface area contributed by atoms with Gasteiger partial charge in [0.25, 0.3) is 0 Å². The van der Waals surface area contributed by atoms with Crippen molar-refractivity contribution in [1.29, 1.82) is 0 Å². The van der Waals surface area contributed by atoms with Gasteiger partial charge in [-0.1, -0.05) is 149 Å². The fourth-order valence-corrected chi connectivity index (χ4v) is 25.7. The lowest BCUT2D eigenvalue weighted by Crippen LogP contribution is -2.32. The quantitative estimate of drug-likeness (QED) is 0.258. The van der Waals surface area contributed by atoms with Gasteiger partial charge in [-0.3, -0.25) is 0 Å². The SMILES string of the molecule is CC(C)(C)P1Cc2ccccc2[C@H]1[C@@H]1c2ccccc2C[P@@]1C(C)(C)CCC(C)(C)[P@@]1CCC[C@@H]1[C@H]1CCC[P@]1C(C)(C)C. The minimum absolute atomic E-state index is 0.101. The second kappa shape index (κ2) is 12.6. The zero-order valence-corrected chi connectivity index (χ0v) is 33.4. The van der Waals surface area contributed by atoms with Crippen LogP contribution < -0.4 is 0 Å². The predicted molar refractivity (Wildman–Crippen MR) is 206 cm³/mol. The summed E-state index contributed by atoms with van der Waals surface area (Å²) in [7, 11) is -0.0225. The molecular weight excluding hydrogens is 604 g/mol. The third-order valence-corrected chi connectivity index (χ3v) is 27.8. The zero-order chi connectivity index (χ0) is 31.7. The van der Waals surface area contributed by atoms with E-state index in [1.165, 1.54) is 38.0 Å². The van der Waals surface area contributed by atoms with E-state index >= 15 is 0 Å². The van der Waals surface area contributed by atoms with Gasteiger partial charge in [-0.25, -0.2) is 0 Å². The Morgan fingerprint density at radius 2 is 0.932 bits per heavy atom. The van der Waals surface area contributed by atoms with E-state index < -0.39 is 0 Å². The average molecular weight is 667 g/mol. The molecule has 242 valence electrons. The van der Waals surface area contributed by atoms with Crippen LogP contribution in [-0.4, -0.2) is 44.3 Å². The summed E-state index contributed by atoms with van der Waals surface area (Å²) in [5.41, 5.74) is 10.3. The van der Waals surface area contributed by atoms with Crippen LogP contribution in [0.1, 0.15) is 141 Å². The van der Waals surface area contributed by atoms with Crippen molar-refractivity contribution in [3.05, 3.63) is 70.8 Å². The first kappa shape index (κ1) is 34.0. The maximum Gasteiger partial charge on any atom is 0.0161 e. The molecule has 8 atom stereocenters. The summed E-state index contributed by atoms with van der Waals surface area (Å²) >= 11 is 0. The Hall–Kier alpha value is 0.160. The van der Waals surface area contributed by atoms with Crippen molar-refractivity contribution in [2.24, 2.45) is 0 Å². The fraction of sp³-hybridized carbons (Fsp3) is 0.700. The second-order valence-corrected chi connectivity index (χ2v) is 30.6. The third-order valence-electron chi connectivity index (χ3n) is 12.1. The van der Waals surface area contributed by atoms with Gasteiger partial charge < -0.3 is 0 Å². The van der Waals surface area contributed by atoms with Crippen LogP contribution in [0.3, 0.4) is 0 Å². The molecule has 4 heterocycles. The Morgan fingerprint density at radius 3 is 1.45 bits per heavy atom. The van der Waals surface area contributed by atoms with E-state index in [9.17, 15) is 0 Å². The number of hydrogen-bond donors (Lipinski definition) is 0. The second-order valence-electron chi connectivity index (χ2n) is 17.8. The van der Waals surface area contributed by atoms with Crippen LogP contribution in [-0.2, 0) is 12.3 Å². The van der Waals surface area contributed by atoms with Gasteiger partial charge in [0.1, 0.15) is 0 Å². The normalized spacial score (nSPS) is 32.7. The molecule has 0 nitrogen and oxygen atoms in total. The van der Waals surface area contributed by atoms with E-state index in [4.69, 9.17) is 0 Å². The summed E-state index contributed by atoms with van der Waals surface area (Å²) in [6.07, 6.45) is 14.7. The summed E-state index contributed by atoms with van der Waals surface area (Å²) in [6.45, 7) is 26.2. The van der Waals surface area contributed by atoms with Gasteiger partial charge in [-0.2, -0.15) is 0 Å². The molecular formula is C40H62P4. The van der Waals surface area contributed by atoms with E-state index in [2.05, 4.69) is 118 Å². The van der Waals surface area contributed by atoms with Crippen LogP contribution in [0, 0.1) is 0 Å². The van der Waals surface area contributed by atoms with E-state index in [1.54, 1.807) is 47.4 Å². The molecule has 1 unspecified atom stereocenters. The monoisotopic (exact) mass is 666 g/mol. The minimum atomic E-state index is -0.169. The Morgan fingerprint density at radius 1 is 0.523 bits per heavy atom. The molecule has 44 heavy (non-hydrogen) atoms. The molecule has 0 radical (unpaired) electrons. The lowest BCUT2D eigenvalue weighted by molar-refractivity contribution is 0.514. The van der Waals surface area contributed by atoms with Crippen molar-refractivity contribution < 1.29 is 0 Å². The van der Waals surface area contributed by atoms with E-state index in [-0.39, 0.29) is 31.7 Å². The highest BCUT2D eigenvalue weighted by atomic mass is 31.1. The van der Waals surface area contributed by atoms with E-state index in [0.29, 0.717) is 31.9 Å². The number of hydrogen-bond acceptors (Lipinski definition) is 0. The molecule has 6 rings (SSSR count). The Balaban J connectivity index is 1.27. The first-order valence-corrected chi connectivity index (χ1v) is 24.2. The van der Waals surface area contributed by atoms with Gasteiger partial charge in [0.2, 0.25) is 0 Å². The van der Waals surface area contributed by atoms with Gasteiger partial charge in [0.05, 0.1) is 0 Å². The summed E-state index contributed by atoms with van der Waals surface area (Å²) in [4.78, 5) is 0. The highest BCUT2D eigenvalue weighted by molar-refractivity contribution is 7.65. The molecule has 0 N–H and O–H groups in total. The van der Waals surface area contributed by atoms with Crippen molar-refractivity contribution in [1.82, 2.24) is 0 Å². The van der Waals surface area contributed by atoms with Crippen molar-refractivity contribution in [2.75, 3.05) is 12.3 Å². The molecule has 0 bridgehead atoms. The topological polar surface area (TPSA) is 0 Å². The number of rotatable bonds is 7. The predicted octanol–water partition coefficient (Wildman–Crippen LogP) is 13.7. The van der Waals surface area contributed by atoms with E-state index in [0.717, 1.165) is 11.3 Å². The molecule has 2 aromatic rings. The largest absolute Gasteiger partial charge is 0.0974 e. The van der Waals surface area contributed by atoms with Crippen molar-refractivity contribution in [3.63, 3.8) is 0 Å². The lowest BCUT2D eigenvalue weighted by atomic mass is 9.97. The van der Waals surface area contributed by atoms with Gasteiger partial charge >= 0.3 is 0 Å². The molecule has 2 fully saturated rings. The van der Waals surface area contributed by atoms with Crippen LogP contribution in [0.4, 0.5) is 0 Å². The van der Waals surface area contributed by atoms with Crippen LogP contribution in [0.25, 0.3) is 0 Å². The molecule has 4 heteroatoms. The van der Waals surface area contributed by atoms with Gasteiger partial charge in [0, 0.05) is 11.3 Å². The zero-order valence-electron chi connectivity index (χ0n) is 29.8. The third kappa shape index (κ3) is 6.46. The summed E-state index contributed by atoms with van der Waals surface area (Å²) in [6, 6.07) is 19.3. The Bertz CT molecular complexity index is 1310. The van der Waals surface area contributed by atoms with Gasteiger partial charge in [0.15, 0.2) is 0 Å². The molecule has 4 aliphatic heterocycles. The summed E-state index contributed by atoms with van der Waals surface area (Å²) in [5, 5.41) is 1.80. The first-order valence-electron chi connectivity index (χ1n) is 17.8. The Labute approximate surface area is 277 Å². The summed E-state index contributed by atoms with van der Waals surface area (Å²) < 4.78 is 0. The smallest absolute Gasteiger partial charge is 0.0161 e. The maximum absolute atomic E-state index is 2.72. The molecule has 0 spiro atoms. The molecule has 2 saturated heterocycles. The molecule has 0 saturated carbocycles. The highest BCUT2D eigenvalue weighted by Gasteiger charge is 2.52. The van der Waals surface area contributed by atoms with Gasteiger partial charge in [-0.05, 0) is 117 Å². The Kier molecular flexibility index (Phi) is 9.71. The molecule has 0 amide bonds. The van der Waals surface area contributed by atoms with Crippen LogP contribution >= 0.6 is 31.7 Å². The van der Waals surface area contributed by atoms with Crippen LogP contribution in [0.2, 0.25) is 0 Å². The average Bonchev–Trinajstić information content (AvgIpc) is 3.74. The van der Waals surface area contributed by atoms with Crippen molar-refractivity contribution in [3.8, 4) is 0 Å². The van der Waals surface area contributed by atoms with Crippen molar-refractivity contribution in [2.45, 2.75) is 163 Å². The fourth-order valence-electron chi connectivity index (χ4n) is 9.63. The van der Waals surface area contributed by atoms with Crippen LogP contribution in [0.15, 0.2) is 48.5 Å².